The number of amides is 1. The van der Waals surface area contributed by atoms with E-state index in [0.717, 1.165) is 6.42 Å². The number of carbonyl (C=O) groups excluding carboxylic acids is 1. The van der Waals surface area contributed by atoms with Gasteiger partial charge in [0.25, 0.3) is 5.56 Å². The van der Waals surface area contributed by atoms with Crippen LogP contribution in [0, 0.1) is 0 Å². The number of nitrogens with zero attached hydrogens (tertiary/aromatic N) is 2. The van der Waals surface area contributed by atoms with E-state index >= 15 is 0 Å². The Morgan fingerprint density at radius 2 is 2.09 bits per heavy atom. The van der Waals surface area contributed by atoms with Gasteiger partial charge in [0.2, 0.25) is 5.91 Å². The Balaban J connectivity index is 2.45. The van der Waals surface area contributed by atoms with Gasteiger partial charge in [-0.3, -0.25) is 14.2 Å². The summed E-state index contributed by atoms with van der Waals surface area (Å²) in [6, 6.07) is 7.32. The number of para-hydroxylation sites is 1. The lowest BCUT2D eigenvalue weighted by Crippen LogP contribution is -2.31. The van der Waals surface area contributed by atoms with Gasteiger partial charge in [-0.25, -0.2) is 4.98 Å². The first-order valence-corrected chi connectivity index (χ1v) is 8.40. The third kappa shape index (κ3) is 3.50. The van der Waals surface area contributed by atoms with Crippen molar-refractivity contribution in [3.8, 4) is 0 Å². The number of thioether (sulfide) groups is 1. The van der Waals surface area contributed by atoms with Crippen molar-refractivity contribution in [2.45, 2.75) is 44.1 Å². The summed E-state index contributed by atoms with van der Waals surface area (Å²) >= 11 is 1.33. The average Bonchev–Trinajstić information content (AvgIpc) is 2.51. The number of nitrogens with one attached hydrogen (secondary N) is 1. The highest BCUT2D eigenvalue weighted by atomic mass is 32.2. The van der Waals surface area contributed by atoms with Crippen LogP contribution in [0.2, 0.25) is 0 Å². The number of fused-ring (bicyclic) bond motifs is 1. The molecule has 0 fully saturated rings. The van der Waals surface area contributed by atoms with E-state index < -0.39 is 0 Å². The van der Waals surface area contributed by atoms with Crippen LogP contribution in [0.3, 0.4) is 0 Å². The molecule has 0 unspecified atom stereocenters. The summed E-state index contributed by atoms with van der Waals surface area (Å²) in [4.78, 5) is 29.1. The van der Waals surface area contributed by atoms with Crippen LogP contribution in [0.1, 0.15) is 27.2 Å². The van der Waals surface area contributed by atoms with Gasteiger partial charge in [-0.2, -0.15) is 0 Å². The van der Waals surface area contributed by atoms with Crippen molar-refractivity contribution in [3.63, 3.8) is 0 Å². The highest BCUT2D eigenvalue weighted by molar-refractivity contribution is 8.00. The standard InChI is InChI=1S/C16H21N3O2S/c1-4-10-19-15(21)12-8-6-7-9-13(12)18-16(19)22-11(3)14(20)17-5-2/h6-9,11H,4-5,10H2,1-3H3,(H,17,20)/t11-/m1/s1. The molecule has 2 aromatic rings. The Morgan fingerprint density at radius 1 is 1.36 bits per heavy atom. The smallest absolute Gasteiger partial charge is 0.262 e. The Labute approximate surface area is 134 Å². The highest BCUT2D eigenvalue weighted by Crippen LogP contribution is 2.22. The van der Waals surface area contributed by atoms with Crippen LogP contribution in [0.25, 0.3) is 10.9 Å². The maximum absolute atomic E-state index is 12.6. The zero-order valence-electron chi connectivity index (χ0n) is 13.1. The topological polar surface area (TPSA) is 64.0 Å². The molecule has 0 radical (unpaired) electrons. The van der Waals surface area contributed by atoms with E-state index in [0.29, 0.717) is 29.1 Å². The van der Waals surface area contributed by atoms with Crippen molar-refractivity contribution in [1.82, 2.24) is 14.9 Å². The molecular formula is C16H21N3O2S. The predicted octanol–water partition coefficient (Wildman–Crippen LogP) is 2.42. The van der Waals surface area contributed by atoms with E-state index in [1.54, 1.807) is 10.6 Å². The Hall–Kier alpha value is -1.82. The van der Waals surface area contributed by atoms with Crippen LogP contribution in [-0.4, -0.2) is 27.3 Å². The molecule has 1 N–H and O–H groups in total. The molecule has 0 bridgehead atoms. The molecule has 1 heterocycles. The second-order valence-corrected chi connectivity index (χ2v) is 6.33. The quantitative estimate of drug-likeness (QED) is 0.656. The van der Waals surface area contributed by atoms with Crippen LogP contribution < -0.4 is 10.9 Å². The molecule has 0 saturated carbocycles. The summed E-state index contributed by atoms with van der Waals surface area (Å²) in [5.41, 5.74) is 0.628. The van der Waals surface area contributed by atoms with Crippen molar-refractivity contribution < 1.29 is 4.79 Å². The van der Waals surface area contributed by atoms with Crippen LogP contribution in [0.4, 0.5) is 0 Å². The van der Waals surface area contributed by atoms with Gasteiger partial charge in [-0.05, 0) is 32.4 Å². The summed E-state index contributed by atoms with van der Waals surface area (Å²) in [7, 11) is 0. The lowest BCUT2D eigenvalue weighted by molar-refractivity contribution is -0.120. The fourth-order valence-corrected chi connectivity index (χ4v) is 3.15. The zero-order chi connectivity index (χ0) is 16.1. The number of hydrogen-bond acceptors (Lipinski definition) is 4. The molecule has 6 heteroatoms. The molecule has 0 aliphatic rings. The van der Waals surface area contributed by atoms with Gasteiger partial charge in [0.15, 0.2) is 5.16 Å². The molecule has 2 rings (SSSR count). The minimum atomic E-state index is -0.295. The first-order chi connectivity index (χ1) is 10.6. The summed E-state index contributed by atoms with van der Waals surface area (Å²) in [5, 5.41) is 3.72. The number of aromatic nitrogens is 2. The summed E-state index contributed by atoms with van der Waals surface area (Å²) < 4.78 is 1.67. The van der Waals surface area contributed by atoms with E-state index in [1.807, 2.05) is 39.0 Å². The van der Waals surface area contributed by atoms with Crippen molar-refractivity contribution >= 4 is 28.6 Å². The molecule has 1 atom stereocenters. The minimum Gasteiger partial charge on any atom is -0.355 e. The summed E-state index contributed by atoms with van der Waals surface area (Å²) in [6.07, 6.45) is 0.836. The van der Waals surface area contributed by atoms with E-state index in [2.05, 4.69) is 10.3 Å². The number of rotatable bonds is 6. The maximum atomic E-state index is 12.6. The Morgan fingerprint density at radius 3 is 2.77 bits per heavy atom. The fraction of sp³-hybridized carbons (Fsp3) is 0.438. The minimum absolute atomic E-state index is 0.0435. The van der Waals surface area contributed by atoms with Crippen molar-refractivity contribution in [1.29, 1.82) is 0 Å². The van der Waals surface area contributed by atoms with Crippen LogP contribution in [-0.2, 0) is 11.3 Å². The first-order valence-electron chi connectivity index (χ1n) is 7.52. The fourth-order valence-electron chi connectivity index (χ4n) is 2.19. The highest BCUT2D eigenvalue weighted by Gasteiger charge is 2.18. The number of benzene rings is 1. The van der Waals surface area contributed by atoms with Gasteiger partial charge >= 0.3 is 0 Å². The maximum Gasteiger partial charge on any atom is 0.262 e. The molecule has 22 heavy (non-hydrogen) atoms. The largest absolute Gasteiger partial charge is 0.355 e. The van der Waals surface area contributed by atoms with Gasteiger partial charge in [0.05, 0.1) is 16.2 Å². The van der Waals surface area contributed by atoms with Crippen LogP contribution in [0.15, 0.2) is 34.2 Å². The SMILES string of the molecule is CCCn1c(S[C@H](C)C(=O)NCC)nc2ccccc2c1=O. The number of hydrogen-bond donors (Lipinski definition) is 1. The van der Waals surface area contributed by atoms with Gasteiger partial charge < -0.3 is 5.32 Å². The van der Waals surface area contributed by atoms with E-state index in [-0.39, 0.29) is 16.7 Å². The second-order valence-electron chi connectivity index (χ2n) is 5.02. The predicted molar refractivity (Wildman–Crippen MR) is 90.3 cm³/mol. The molecule has 0 aliphatic heterocycles. The van der Waals surface area contributed by atoms with Crippen LogP contribution in [0.5, 0.6) is 0 Å². The molecule has 1 aromatic carbocycles. The van der Waals surface area contributed by atoms with Crippen molar-refractivity contribution in [2.24, 2.45) is 0 Å². The van der Waals surface area contributed by atoms with E-state index in [4.69, 9.17) is 0 Å². The Kier molecular flexibility index (Phi) is 5.60. The van der Waals surface area contributed by atoms with Gasteiger partial charge in [-0.1, -0.05) is 30.8 Å². The van der Waals surface area contributed by atoms with Crippen molar-refractivity contribution in [3.05, 3.63) is 34.6 Å². The molecular weight excluding hydrogens is 298 g/mol. The summed E-state index contributed by atoms with van der Waals surface area (Å²) in [5.74, 6) is -0.0436. The normalized spacial score (nSPS) is 12.3. The molecule has 5 nitrogen and oxygen atoms in total. The van der Waals surface area contributed by atoms with Gasteiger partial charge in [-0.15, -0.1) is 0 Å². The second kappa shape index (κ2) is 7.45. The van der Waals surface area contributed by atoms with Gasteiger partial charge in [0, 0.05) is 13.1 Å². The summed E-state index contributed by atoms with van der Waals surface area (Å²) in [6.45, 7) is 6.92. The Bertz CT molecular complexity index is 727. The lowest BCUT2D eigenvalue weighted by Gasteiger charge is -2.15. The molecule has 118 valence electrons. The van der Waals surface area contributed by atoms with Gasteiger partial charge in [0.1, 0.15) is 0 Å². The lowest BCUT2D eigenvalue weighted by atomic mass is 10.2. The monoisotopic (exact) mass is 319 g/mol. The van der Waals surface area contributed by atoms with Crippen molar-refractivity contribution in [2.75, 3.05) is 6.54 Å². The molecule has 0 saturated heterocycles. The third-order valence-electron chi connectivity index (χ3n) is 3.28. The molecule has 0 aliphatic carbocycles. The average molecular weight is 319 g/mol. The van der Waals surface area contributed by atoms with Crippen LogP contribution >= 0.6 is 11.8 Å². The molecule has 0 spiro atoms. The first kappa shape index (κ1) is 16.5. The van der Waals surface area contributed by atoms with E-state index in [9.17, 15) is 9.59 Å². The molecule has 1 aromatic heterocycles. The van der Waals surface area contributed by atoms with E-state index in [1.165, 1.54) is 11.8 Å². The zero-order valence-corrected chi connectivity index (χ0v) is 13.9. The number of carbonyl (C=O) groups is 1. The third-order valence-corrected chi connectivity index (χ3v) is 4.37. The molecule has 1 amide bonds.